The van der Waals surface area contributed by atoms with Crippen molar-refractivity contribution < 1.29 is 9.59 Å². The van der Waals surface area contributed by atoms with Crippen molar-refractivity contribution in [2.45, 2.75) is 0 Å². The molecule has 0 saturated carbocycles. The minimum absolute atomic E-state index is 0.260. The Bertz CT molecular complexity index is 1220. The van der Waals surface area contributed by atoms with Gasteiger partial charge in [-0.2, -0.15) is 5.10 Å². The van der Waals surface area contributed by atoms with Gasteiger partial charge in [0.05, 0.1) is 22.0 Å². The molecule has 0 fully saturated rings. The van der Waals surface area contributed by atoms with Crippen LogP contribution in [0.3, 0.4) is 0 Å². The van der Waals surface area contributed by atoms with Gasteiger partial charge >= 0.3 is 0 Å². The van der Waals surface area contributed by atoms with Gasteiger partial charge in [0, 0.05) is 18.7 Å². The molecular weight excluding hydrogens is 424 g/mol. The lowest BCUT2D eigenvalue weighted by atomic mass is 10.1. The highest BCUT2D eigenvalue weighted by molar-refractivity contribution is 6.33. The van der Waals surface area contributed by atoms with E-state index in [1.54, 1.807) is 35.0 Å². The van der Waals surface area contributed by atoms with E-state index in [4.69, 9.17) is 11.6 Å². The maximum Gasteiger partial charge on any atom is 0.270 e. The van der Waals surface area contributed by atoms with Crippen molar-refractivity contribution in [3.05, 3.63) is 107 Å². The summed E-state index contributed by atoms with van der Waals surface area (Å²) in [4.78, 5) is 25.2. The molecule has 0 aliphatic heterocycles. The average Bonchev–Trinajstić information content (AvgIpc) is 3.29. The van der Waals surface area contributed by atoms with Gasteiger partial charge in [0.15, 0.2) is 0 Å². The van der Waals surface area contributed by atoms with Crippen molar-refractivity contribution in [2.75, 3.05) is 13.1 Å². The Labute approximate surface area is 190 Å². The minimum Gasteiger partial charge on any atom is -0.350 e. The van der Waals surface area contributed by atoms with Crippen molar-refractivity contribution in [3.63, 3.8) is 0 Å². The van der Waals surface area contributed by atoms with E-state index in [1.165, 1.54) is 0 Å². The van der Waals surface area contributed by atoms with Crippen molar-refractivity contribution in [3.8, 4) is 16.9 Å². The van der Waals surface area contributed by atoms with Crippen molar-refractivity contribution in [1.29, 1.82) is 0 Å². The van der Waals surface area contributed by atoms with E-state index in [1.807, 2.05) is 60.7 Å². The summed E-state index contributed by atoms with van der Waals surface area (Å²) in [5.41, 5.74) is 3.21. The number of hydrogen-bond acceptors (Lipinski definition) is 3. The standard InChI is InChI=1S/C25H21ClN4O2/c26-21-14-8-7-13-20(21)24(31)27-15-16-28-25(32)23-17-22(18-9-3-1-4-10-18)29-30(23)19-11-5-2-6-12-19/h1-14,17H,15-16H2,(H,27,31)(H,28,32). The van der Waals surface area contributed by atoms with E-state index in [2.05, 4.69) is 15.7 Å². The van der Waals surface area contributed by atoms with Gasteiger partial charge in [-0.15, -0.1) is 0 Å². The van der Waals surface area contributed by atoms with Crippen LogP contribution in [-0.4, -0.2) is 34.7 Å². The van der Waals surface area contributed by atoms with Crippen LogP contribution < -0.4 is 10.6 Å². The first-order chi connectivity index (χ1) is 15.6. The number of halogens is 1. The third-order valence-electron chi connectivity index (χ3n) is 4.83. The van der Waals surface area contributed by atoms with E-state index in [9.17, 15) is 9.59 Å². The fourth-order valence-electron chi connectivity index (χ4n) is 3.24. The average molecular weight is 445 g/mol. The molecule has 0 radical (unpaired) electrons. The molecule has 3 aromatic carbocycles. The minimum atomic E-state index is -0.287. The Morgan fingerprint density at radius 3 is 2.06 bits per heavy atom. The fraction of sp³-hybridized carbons (Fsp3) is 0.0800. The van der Waals surface area contributed by atoms with Gasteiger partial charge in [0.2, 0.25) is 0 Å². The van der Waals surface area contributed by atoms with E-state index in [0.717, 1.165) is 11.3 Å². The number of nitrogens with zero attached hydrogens (tertiary/aromatic N) is 2. The predicted octanol–water partition coefficient (Wildman–Crippen LogP) is 4.35. The molecule has 160 valence electrons. The van der Waals surface area contributed by atoms with E-state index in [-0.39, 0.29) is 24.9 Å². The lowest BCUT2D eigenvalue weighted by Crippen LogP contribution is -2.35. The second kappa shape index (κ2) is 9.94. The van der Waals surface area contributed by atoms with E-state index < -0.39 is 0 Å². The first kappa shape index (κ1) is 21.3. The van der Waals surface area contributed by atoms with Gasteiger partial charge in [0.25, 0.3) is 11.8 Å². The molecule has 4 aromatic rings. The molecule has 0 aliphatic rings. The summed E-state index contributed by atoms with van der Waals surface area (Å²) in [5, 5.41) is 10.6. The number of nitrogens with one attached hydrogen (secondary N) is 2. The Hall–Kier alpha value is -3.90. The quantitative estimate of drug-likeness (QED) is 0.416. The molecule has 2 amide bonds. The monoisotopic (exact) mass is 444 g/mol. The topological polar surface area (TPSA) is 76.0 Å². The number of para-hydroxylation sites is 1. The number of aromatic nitrogens is 2. The van der Waals surface area contributed by atoms with Crippen LogP contribution in [0.15, 0.2) is 91.0 Å². The van der Waals surface area contributed by atoms with Crippen LogP contribution >= 0.6 is 11.6 Å². The summed E-state index contributed by atoms with van der Waals surface area (Å²) in [6.45, 7) is 0.524. The third kappa shape index (κ3) is 4.87. The normalized spacial score (nSPS) is 10.5. The first-order valence-corrected chi connectivity index (χ1v) is 10.5. The van der Waals surface area contributed by atoms with Crippen molar-refractivity contribution >= 4 is 23.4 Å². The molecule has 4 rings (SSSR count). The SMILES string of the molecule is O=C(NCCNC(=O)c1cc(-c2ccccc2)nn1-c1ccccc1)c1ccccc1Cl. The molecular formula is C25H21ClN4O2. The second-order valence-corrected chi connectivity index (χ2v) is 7.43. The lowest BCUT2D eigenvalue weighted by Gasteiger charge is -2.09. The summed E-state index contributed by atoms with van der Waals surface area (Å²) >= 11 is 6.05. The Morgan fingerprint density at radius 1 is 0.781 bits per heavy atom. The maximum atomic E-state index is 12.9. The van der Waals surface area contributed by atoms with Crippen LogP contribution in [0.5, 0.6) is 0 Å². The summed E-state index contributed by atoms with van der Waals surface area (Å²) in [5.74, 6) is -0.568. The van der Waals surface area contributed by atoms with Crippen molar-refractivity contribution in [2.24, 2.45) is 0 Å². The molecule has 0 atom stereocenters. The van der Waals surface area contributed by atoms with Crippen LogP contribution in [0, 0.1) is 0 Å². The molecule has 0 spiro atoms. The van der Waals surface area contributed by atoms with Gasteiger partial charge in [-0.25, -0.2) is 4.68 Å². The Balaban J connectivity index is 1.46. The summed E-state index contributed by atoms with van der Waals surface area (Å²) in [6, 6.07) is 27.8. The van der Waals surface area contributed by atoms with Crippen LogP contribution in [0.2, 0.25) is 5.02 Å². The zero-order chi connectivity index (χ0) is 22.3. The van der Waals surface area contributed by atoms with Crippen molar-refractivity contribution in [1.82, 2.24) is 20.4 Å². The highest BCUT2D eigenvalue weighted by Gasteiger charge is 2.17. The van der Waals surface area contributed by atoms with E-state index in [0.29, 0.717) is 22.0 Å². The van der Waals surface area contributed by atoms with Crippen LogP contribution in [0.4, 0.5) is 0 Å². The van der Waals surface area contributed by atoms with E-state index >= 15 is 0 Å². The number of rotatable bonds is 7. The summed E-state index contributed by atoms with van der Waals surface area (Å²) in [6.07, 6.45) is 0. The zero-order valence-electron chi connectivity index (χ0n) is 17.2. The molecule has 1 heterocycles. The van der Waals surface area contributed by atoms with Gasteiger partial charge in [-0.05, 0) is 30.3 Å². The summed E-state index contributed by atoms with van der Waals surface area (Å²) < 4.78 is 1.62. The maximum absolute atomic E-state index is 12.9. The molecule has 2 N–H and O–H groups in total. The number of carbonyl (C=O) groups is 2. The smallest absolute Gasteiger partial charge is 0.270 e. The molecule has 0 bridgehead atoms. The molecule has 0 unspecified atom stereocenters. The number of benzene rings is 3. The third-order valence-corrected chi connectivity index (χ3v) is 5.16. The molecule has 6 nitrogen and oxygen atoms in total. The summed E-state index contributed by atoms with van der Waals surface area (Å²) in [7, 11) is 0. The van der Waals surface area contributed by atoms with Gasteiger partial charge in [0.1, 0.15) is 5.69 Å². The number of carbonyl (C=O) groups excluding carboxylic acids is 2. The molecule has 0 aliphatic carbocycles. The fourth-order valence-corrected chi connectivity index (χ4v) is 3.46. The molecule has 0 saturated heterocycles. The van der Waals surface area contributed by atoms with Gasteiger partial charge in [-0.1, -0.05) is 72.3 Å². The zero-order valence-corrected chi connectivity index (χ0v) is 17.9. The van der Waals surface area contributed by atoms with Crippen LogP contribution in [0.25, 0.3) is 16.9 Å². The Morgan fingerprint density at radius 2 is 1.38 bits per heavy atom. The largest absolute Gasteiger partial charge is 0.350 e. The van der Waals surface area contributed by atoms with Crippen LogP contribution in [0.1, 0.15) is 20.8 Å². The predicted molar refractivity (Wildman–Crippen MR) is 125 cm³/mol. The molecule has 1 aromatic heterocycles. The number of amides is 2. The second-order valence-electron chi connectivity index (χ2n) is 7.02. The molecule has 7 heteroatoms. The first-order valence-electron chi connectivity index (χ1n) is 10.2. The van der Waals surface area contributed by atoms with Crippen LogP contribution in [-0.2, 0) is 0 Å². The highest BCUT2D eigenvalue weighted by Crippen LogP contribution is 2.21. The van der Waals surface area contributed by atoms with Gasteiger partial charge in [-0.3, -0.25) is 9.59 Å². The van der Waals surface area contributed by atoms with Gasteiger partial charge < -0.3 is 10.6 Å². The lowest BCUT2D eigenvalue weighted by molar-refractivity contribution is 0.0923. The number of hydrogen-bond donors (Lipinski definition) is 2. The Kier molecular flexibility index (Phi) is 6.63. The highest BCUT2D eigenvalue weighted by atomic mass is 35.5. The molecule has 32 heavy (non-hydrogen) atoms.